The number of aliphatic carboxylic acids is 1. The summed E-state index contributed by atoms with van der Waals surface area (Å²) in [4.78, 5) is 35.2. The maximum atomic E-state index is 12.2. The third-order valence-corrected chi connectivity index (χ3v) is 4.56. The minimum Gasteiger partial charge on any atom is -0.548 e. The van der Waals surface area contributed by atoms with Crippen molar-refractivity contribution in [1.82, 2.24) is 5.32 Å². The van der Waals surface area contributed by atoms with E-state index in [0.29, 0.717) is 29.7 Å². The first-order valence-electron chi connectivity index (χ1n) is 8.96. The number of ether oxygens (including phenoxy) is 1. The summed E-state index contributed by atoms with van der Waals surface area (Å²) >= 11 is 0. The number of rotatable bonds is 8. The molecule has 0 fully saturated rings. The molecule has 1 aromatic carbocycles. The summed E-state index contributed by atoms with van der Waals surface area (Å²) in [7, 11) is 0. The normalized spacial score (nSPS) is 13.2. The van der Waals surface area contributed by atoms with Crippen molar-refractivity contribution in [2.45, 2.75) is 59.1 Å². The average Bonchev–Trinajstić information content (AvgIpc) is 2.62. The number of carboxylic acids is 1. The molecule has 0 bridgehead atoms. The first-order valence-corrected chi connectivity index (χ1v) is 8.96. The second kappa shape index (κ2) is 8.70. The van der Waals surface area contributed by atoms with Crippen molar-refractivity contribution in [2.24, 2.45) is 0 Å². The first kappa shape index (κ1) is 20.5. The van der Waals surface area contributed by atoms with Crippen LogP contribution in [0.5, 0.6) is 5.75 Å². The largest absolute Gasteiger partial charge is 0.548 e. The van der Waals surface area contributed by atoms with Gasteiger partial charge in [0.2, 0.25) is 0 Å². The molecule has 1 N–H and O–H groups in total. The SMILES string of the molecule is CCCC[C@@H](NC(=O)[C@H](C)Oc1ccc2c(C)c(C)c(=O)oc2c1)C(=O)[O-]. The Bertz CT molecular complexity index is 901. The smallest absolute Gasteiger partial charge is 0.339 e. The number of hydrogen-bond acceptors (Lipinski definition) is 6. The van der Waals surface area contributed by atoms with E-state index in [-0.39, 0.29) is 0 Å². The molecule has 0 radical (unpaired) electrons. The number of amides is 1. The fourth-order valence-electron chi connectivity index (χ4n) is 2.71. The standard InChI is InChI=1S/C20H25NO6/c1-5-6-7-16(19(23)24)21-18(22)13(4)26-14-8-9-15-11(2)12(3)20(25)27-17(15)10-14/h8-10,13,16H,5-7H2,1-4H3,(H,21,22)(H,23,24)/p-1/t13-,16+/m0/s1. The van der Waals surface area contributed by atoms with Gasteiger partial charge in [0.1, 0.15) is 11.3 Å². The quantitative estimate of drug-likeness (QED) is 0.703. The zero-order valence-electron chi connectivity index (χ0n) is 16.0. The number of aryl methyl sites for hydroxylation is 1. The minimum absolute atomic E-state index is 0.303. The molecule has 146 valence electrons. The Morgan fingerprint density at radius 3 is 2.59 bits per heavy atom. The van der Waals surface area contributed by atoms with E-state index in [9.17, 15) is 19.5 Å². The van der Waals surface area contributed by atoms with Gasteiger partial charge in [-0.25, -0.2) is 4.79 Å². The number of carbonyl (C=O) groups is 2. The summed E-state index contributed by atoms with van der Waals surface area (Å²) < 4.78 is 10.9. The molecular formula is C20H24NO6-. The van der Waals surface area contributed by atoms with Crippen molar-refractivity contribution < 1.29 is 23.8 Å². The molecule has 0 aliphatic heterocycles. The van der Waals surface area contributed by atoms with Gasteiger partial charge < -0.3 is 24.4 Å². The topological polar surface area (TPSA) is 109 Å². The third-order valence-electron chi connectivity index (χ3n) is 4.56. The maximum absolute atomic E-state index is 12.2. The van der Waals surface area contributed by atoms with Gasteiger partial charge in [-0.2, -0.15) is 0 Å². The molecule has 7 heteroatoms. The number of hydrogen-bond donors (Lipinski definition) is 1. The van der Waals surface area contributed by atoms with Crippen LogP contribution in [0.15, 0.2) is 27.4 Å². The van der Waals surface area contributed by atoms with Crippen LogP contribution in [-0.4, -0.2) is 24.0 Å². The summed E-state index contributed by atoms with van der Waals surface area (Å²) in [6.45, 7) is 6.98. The van der Waals surface area contributed by atoms with Crippen molar-refractivity contribution in [3.05, 3.63) is 39.7 Å². The van der Waals surface area contributed by atoms with Crippen LogP contribution in [0.4, 0.5) is 0 Å². The van der Waals surface area contributed by atoms with E-state index in [1.807, 2.05) is 13.8 Å². The van der Waals surface area contributed by atoms with E-state index in [2.05, 4.69) is 5.32 Å². The van der Waals surface area contributed by atoms with Gasteiger partial charge >= 0.3 is 5.63 Å². The van der Waals surface area contributed by atoms with E-state index in [1.165, 1.54) is 6.92 Å². The van der Waals surface area contributed by atoms with E-state index < -0.39 is 29.6 Å². The number of benzene rings is 1. The zero-order valence-corrected chi connectivity index (χ0v) is 16.0. The fraction of sp³-hybridized carbons (Fsp3) is 0.450. The lowest BCUT2D eigenvalue weighted by atomic mass is 10.1. The molecule has 0 aliphatic carbocycles. The lowest BCUT2D eigenvalue weighted by molar-refractivity contribution is -0.308. The van der Waals surface area contributed by atoms with Crippen molar-refractivity contribution in [2.75, 3.05) is 0 Å². The Labute approximate surface area is 157 Å². The molecule has 0 unspecified atom stereocenters. The van der Waals surface area contributed by atoms with Crippen molar-refractivity contribution in [3.63, 3.8) is 0 Å². The Hall–Kier alpha value is -2.83. The molecule has 1 amide bonds. The molecule has 1 heterocycles. The summed E-state index contributed by atoms with van der Waals surface area (Å²) in [5, 5.41) is 14.4. The summed E-state index contributed by atoms with van der Waals surface area (Å²) in [5.74, 6) is -1.53. The maximum Gasteiger partial charge on any atom is 0.339 e. The van der Waals surface area contributed by atoms with Crippen LogP contribution in [-0.2, 0) is 9.59 Å². The van der Waals surface area contributed by atoms with E-state index in [4.69, 9.17) is 9.15 Å². The van der Waals surface area contributed by atoms with Gasteiger partial charge in [-0.3, -0.25) is 4.79 Å². The number of carboxylic acid groups (broad SMARTS) is 1. The highest BCUT2D eigenvalue weighted by molar-refractivity contribution is 5.86. The summed E-state index contributed by atoms with van der Waals surface area (Å²) in [5.41, 5.74) is 1.31. The Kier molecular flexibility index (Phi) is 6.60. The third kappa shape index (κ3) is 4.87. The molecule has 0 aliphatic rings. The molecule has 1 aromatic heterocycles. The van der Waals surface area contributed by atoms with Crippen LogP contribution in [0.2, 0.25) is 0 Å². The van der Waals surface area contributed by atoms with Crippen molar-refractivity contribution in [3.8, 4) is 5.75 Å². The van der Waals surface area contributed by atoms with Crippen molar-refractivity contribution >= 4 is 22.8 Å². The average molecular weight is 374 g/mol. The van der Waals surface area contributed by atoms with E-state index >= 15 is 0 Å². The van der Waals surface area contributed by atoms with Crippen LogP contribution < -0.4 is 20.8 Å². The van der Waals surface area contributed by atoms with Gasteiger partial charge in [-0.1, -0.05) is 19.8 Å². The molecule has 2 rings (SSSR count). The monoisotopic (exact) mass is 374 g/mol. The highest BCUT2D eigenvalue weighted by Gasteiger charge is 2.20. The molecule has 0 saturated carbocycles. The molecule has 0 saturated heterocycles. The predicted molar refractivity (Wildman–Crippen MR) is 98.5 cm³/mol. The fourth-order valence-corrected chi connectivity index (χ4v) is 2.71. The van der Waals surface area contributed by atoms with E-state index in [1.54, 1.807) is 25.1 Å². The van der Waals surface area contributed by atoms with E-state index in [0.717, 1.165) is 17.4 Å². The second-order valence-corrected chi connectivity index (χ2v) is 6.58. The first-order chi connectivity index (χ1) is 12.7. The van der Waals surface area contributed by atoms with Crippen LogP contribution in [0.1, 0.15) is 44.2 Å². The number of nitrogens with one attached hydrogen (secondary N) is 1. The molecule has 27 heavy (non-hydrogen) atoms. The molecule has 2 aromatic rings. The van der Waals surface area contributed by atoms with Crippen LogP contribution >= 0.6 is 0 Å². The highest BCUT2D eigenvalue weighted by atomic mass is 16.5. The highest BCUT2D eigenvalue weighted by Crippen LogP contribution is 2.24. The molecule has 0 spiro atoms. The van der Waals surface area contributed by atoms with Crippen LogP contribution in [0.25, 0.3) is 11.0 Å². The lowest BCUT2D eigenvalue weighted by Gasteiger charge is -2.22. The van der Waals surface area contributed by atoms with Gasteiger partial charge in [-0.05, 0) is 44.9 Å². The van der Waals surface area contributed by atoms with Gasteiger partial charge in [0, 0.05) is 17.0 Å². The zero-order chi connectivity index (χ0) is 20.1. The van der Waals surface area contributed by atoms with Gasteiger partial charge in [0.05, 0.1) is 12.0 Å². The second-order valence-electron chi connectivity index (χ2n) is 6.58. The number of carbonyl (C=O) groups excluding carboxylic acids is 2. The van der Waals surface area contributed by atoms with Gasteiger partial charge in [-0.15, -0.1) is 0 Å². The lowest BCUT2D eigenvalue weighted by Crippen LogP contribution is -2.51. The molecule has 7 nitrogen and oxygen atoms in total. The minimum atomic E-state index is -1.32. The number of unbranched alkanes of at least 4 members (excludes halogenated alkanes) is 1. The molecular weight excluding hydrogens is 350 g/mol. The molecule has 2 atom stereocenters. The summed E-state index contributed by atoms with van der Waals surface area (Å²) in [6.07, 6.45) is 0.852. The van der Waals surface area contributed by atoms with Crippen LogP contribution in [0, 0.1) is 13.8 Å². The Balaban J connectivity index is 2.13. The van der Waals surface area contributed by atoms with Gasteiger partial charge in [0.15, 0.2) is 6.10 Å². The van der Waals surface area contributed by atoms with Crippen molar-refractivity contribution in [1.29, 1.82) is 0 Å². The Morgan fingerprint density at radius 1 is 1.26 bits per heavy atom. The van der Waals surface area contributed by atoms with Gasteiger partial charge in [0.25, 0.3) is 5.91 Å². The predicted octanol–water partition coefficient (Wildman–Crippen LogP) is 1.60. The Morgan fingerprint density at radius 2 is 1.96 bits per heavy atom. The van der Waals surface area contributed by atoms with Crippen LogP contribution in [0.3, 0.4) is 0 Å². The summed E-state index contributed by atoms with van der Waals surface area (Å²) in [6, 6.07) is 3.92. The number of fused-ring (bicyclic) bond motifs is 1.